The molecule has 2 aromatic carbocycles. The molecule has 2 heterocycles. The molecular formula is C30H36N2O2. The van der Waals surface area contributed by atoms with Crippen molar-refractivity contribution in [2.75, 3.05) is 26.7 Å². The predicted octanol–water partition coefficient (Wildman–Crippen LogP) is 6.11. The minimum Gasteiger partial charge on any atom is -0.493 e. The number of fused-ring (bicyclic) bond motifs is 1. The van der Waals surface area contributed by atoms with E-state index in [0.29, 0.717) is 6.61 Å². The molecule has 0 spiro atoms. The van der Waals surface area contributed by atoms with Crippen molar-refractivity contribution in [1.29, 1.82) is 0 Å². The molecule has 178 valence electrons. The summed E-state index contributed by atoms with van der Waals surface area (Å²) < 4.78 is 11.9. The van der Waals surface area contributed by atoms with Gasteiger partial charge in [0.15, 0.2) is 11.5 Å². The second-order valence-corrected chi connectivity index (χ2v) is 9.42. The van der Waals surface area contributed by atoms with Crippen molar-refractivity contribution in [3.63, 3.8) is 0 Å². The van der Waals surface area contributed by atoms with Gasteiger partial charge in [0.25, 0.3) is 0 Å². The van der Waals surface area contributed by atoms with E-state index in [2.05, 4.69) is 58.8 Å². The highest BCUT2D eigenvalue weighted by molar-refractivity contribution is 5.51. The fraction of sp³-hybridized carbons (Fsp3) is 0.400. The summed E-state index contributed by atoms with van der Waals surface area (Å²) in [6.07, 6.45) is 16.6. The largest absolute Gasteiger partial charge is 0.493 e. The van der Waals surface area contributed by atoms with Gasteiger partial charge < -0.3 is 19.7 Å². The molecule has 0 saturated carbocycles. The predicted molar refractivity (Wildman–Crippen MR) is 138 cm³/mol. The van der Waals surface area contributed by atoms with E-state index in [4.69, 9.17) is 9.47 Å². The zero-order chi connectivity index (χ0) is 23.2. The number of hydrogen-bond donors (Lipinski definition) is 1. The van der Waals surface area contributed by atoms with Gasteiger partial charge in [0.05, 0.1) is 13.2 Å². The maximum Gasteiger partial charge on any atom is 0.161 e. The van der Waals surface area contributed by atoms with Crippen LogP contribution in [0, 0.1) is 0 Å². The SMILES string of the molecule is COc1cc2c(cc1OCc1ccccc1)CCNC2/C=C/C1=C(N2CCCCC2)C=CCC1. The van der Waals surface area contributed by atoms with E-state index in [-0.39, 0.29) is 6.04 Å². The summed E-state index contributed by atoms with van der Waals surface area (Å²) >= 11 is 0. The zero-order valence-corrected chi connectivity index (χ0v) is 20.3. The van der Waals surface area contributed by atoms with E-state index in [1.807, 2.05) is 18.2 Å². The summed E-state index contributed by atoms with van der Waals surface area (Å²) in [7, 11) is 1.72. The highest BCUT2D eigenvalue weighted by Crippen LogP contribution is 2.37. The minimum atomic E-state index is 0.182. The summed E-state index contributed by atoms with van der Waals surface area (Å²) in [6.45, 7) is 3.87. The standard InChI is InChI=1S/C30H36N2O2/c1-33-29-21-26-25(20-30(29)34-22-23-10-4-2-5-11-23)16-17-31-27(26)15-14-24-12-6-7-13-28(24)32-18-8-3-9-19-32/h2,4-5,7,10-11,13-15,20-21,27,31H,3,6,8-9,12,16-19,22H2,1H3/b15-14+. The zero-order valence-electron chi connectivity index (χ0n) is 20.3. The normalized spacial score (nSPS) is 20.5. The van der Waals surface area contributed by atoms with Crippen LogP contribution in [0.25, 0.3) is 0 Å². The summed E-state index contributed by atoms with van der Waals surface area (Å²) in [5, 5.41) is 3.70. The summed E-state index contributed by atoms with van der Waals surface area (Å²) in [5.41, 5.74) is 6.68. The first-order valence-electron chi connectivity index (χ1n) is 12.8. The van der Waals surface area contributed by atoms with Gasteiger partial charge in [-0.1, -0.05) is 48.6 Å². The van der Waals surface area contributed by atoms with Crippen molar-refractivity contribution >= 4 is 0 Å². The molecule has 1 unspecified atom stereocenters. The third-order valence-corrected chi connectivity index (χ3v) is 7.13. The molecule has 1 fully saturated rings. The smallest absolute Gasteiger partial charge is 0.161 e. The molecule has 2 aromatic rings. The molecule has 4 heteroatoms. The van der Waals surface area contributed by atoms with Crippen LogP contribution >= 0.6 is 0 Å². The molecule has 0 radical (unpaired) electrons. The molecule has 0 amide bonds. The van der Waals surface area contributed by atoms with Crippen LogP contribution in [0.4, 0.5) is 0 Å². The topological polar surface area (TPSA) is 33.7 Å². The number of rotatable bonds is 7. The molecule has 0 bridgehead atoms. The van der Waals surface area contributed by atoms with Crippen molar-refractivity contribution in [1.82, 2.24) is 10.2 Å². The molecule has 1 N–H and O–H groups in total. The fourth-order valence-corrected chi connectivity index (χ4v) is 5.27. The Morgan fingerprint density at radius 2 is 1.88 bits per heavy atom. The Morgan fingerprint density at radius 3 is 2.71 bits per heavy atom. The number of nitrogens with one attached hydrogen (secondary N) is 1. The first kappa shape index (κ1) is 22.8. The molecule has 3 aliphatic rings. The first-order chi connectivity index (χ1) is 16.8. The van der Waals surface area contributed by atoms with Crippen LogP contribution in [0.1, 0.15) is 54.8 Å². The van der Waals surface area contributed by atoms with Crippen LogP contribution < -0.4 is 14.8 Å². The van der Waals surface area contributed by atoms with E-state index >= 15 is 0 Å². The van der Waals surface area contributed by atoms with Gasteiger partial charge in [-0.05, 0) is 79.0 Å². The van der Waals surface area contributed by atoms with Crippen molar-refractivity contribution in [3.05, 3.63) is 94.7 Å². The molecule has 5 rings (SSSR count). The van der Waals surface area contributed by atoms with Gasteiger partial charge in [-0.2, -0.15) is 0 Å². The van der Waals surface area contributed by atoms with Crippen LogP contribution in [-0.4, -0.2) is 31.6 Å². The molecule has 4 nitrogen and oxygen atoms in total. The number of likely N-dealkylation sites (tertiary alicyclic amines) is 1. The van der Waals surface area contributed by atoms with Crippen molar-refractivity contribution in [2.24, 2.45) is 0 Å². The lowest BCUT2D eigenvalue weighted by molar-refractivity contribution is 0.283. The number of piperidine rings is 1. The lowest BCUT2D eigenvalue weighted by atomic mass is 9.92. The number of ether oxygens (including phenoxy) is 2. The van der Waals surface area contributed by atoms with E-state index < -0.39 is 0 Å². The van der Waals surface area contributed by atoms with Gasteiger partial charge >= 0.3 is 0 Å². The average molecular weight is 457 g/mol. The Kier molecular flexibility index (Phi) is 7.35. The number of methoxy groups -OCH3 is 1. The van der Waals surface area contributed by atoms with E-state index in [0.717, 1.165) is 42.9 Å². The van der Waals surface area contributed by atoms with Gasteiger partial charge in [-0.25, -0.2) is 0 Å². The molecule has 2 aliphatic heterocycles. The maximum absolute atomic E-state index is 6.17. The lowest BCUT2D eigenvalue weighted by Crippen LogP contribution is -2.30. The second-order valence-electron chi connectivity index (χ2n) is 9.42. The van der Waals surface area contributed by atoms with Crippen molar-refractivity contribution in [2.45, 2.75) is 51.2 Å². The Balaban J connectivity index is 1.37. The Labute approximate surface area is 204 Å². The van der Waals surface area contributed by atoms with Gasteiger partial charge in [0.1, 0.15) is 6.61 Å². The third-order valence-electron chi connectivity index (χ3n) is 7.13. The third kappa shape index (κ3) is 5.23. The van der Waals surface area contributed by atoms with Gasteiger partial charge in [0, 0.05) is 25.3 Å². The average Bonchev–Trinajstić information content (AvgIpc) is 2.91. The lowest BCUT2D eigenvalue weighted by Gasteiger charge is -2.32. The fourth-order valence-electron chi connectivity index (χ4n) is 5.27. The molecular weight excluding hydrogens is 420 g/mol. The van der Waals surface area contributed by atoms with Crippen LogP contribution in [0.2, 0.25) is 0 Å². The summed E-state index contributed by atoms with van der Waals surface area (Å²) in [6, 6.07) is 14.8. The number of hydrogen-bond acceptors (Lipinski definition) is 4. The van der Waals surface area contributed by atoms with Gasteiger partial charge in [0.2, 0.25) is 0 Å². The Morgan fingerprint density at radius 1 is 1.03 bits per heavy atom. The van der Waals surface area contributed by atoms with E-state index in [1.165, 1.54) is 54.7 Å². The van der Waals surface area contributed by atoms with Crippen LogP contribution in [-0.2, 0) is 13.0 Å². The molecule has 34 heavy (non-hydrogen) atoms. The van der Waals surface area contributed by atoms with Crippen LogP contribution in [0.5, 0.6) is 11.5 Å². The van der Waals surface area contributed by atoms with Crippen LogP contribution in [0.3, 0.4) is 0 Å². The Hall–Kier alpha value is -2.98. The Bertz CT molecular complexity index is 1060. The molecule has 1 saturated heterocycles. The van der Waals surface area contributed by atoms with E-state index in [1.54, 1.807) is 7.11 Å². The summed E-state index contributed by atoms with van der Waals surface area (Å²) in [4.78, 5) is 2.58. The van der Waals surface area contributed by atoms with Gasteiger partial charge in [-0.15, -0.1) is 0 Å². The van der Waals surface area contributed by atoms with Gasteiger partial charge in [-0.3, -0.25) is 0 Å². The molecule has 1 aliphatic carbocycles. The first-order valence-corrected chi connectivity index (χ1v) is 12.8. The monoisotopic (exact) mass is 456 g/mol. The second kappa shape index (κ2) is 11.0. The maximum atomic E-state index is 6.17. The quantitative estimate of drug-likeness (QED) is 0.545. The van der Waals surface area contributed by atoms with Crippen LogP contribution in [0.15, 0.2) is 78.0 Å². The summed E-state index contributed by atoms with van der Waals surface area (Å²) in [5.74, 6) is 1.62. The van der Waals surface area contributed by atoms with Crippen molar-refractivity contribution < 1.29 is 9.47 Å². The molecule has 0 aromatic heterocycles. The highest BCUT2D eigenvalue weighted by atomic mass is 16.5. The van der Waals surface area contributed by atoms with Crippen molar-refractivity contribution in [3.8, 4) is 11.5 Å². The van der Waals surface area contributed by atoms with E-state index in [9.17, 15) is 0 Å². The molecule has 1 atom stereocenters. The number of nitrogens with zero attached hydrogens (tertiary/aromatic N) is 1. The number of benzene rings is 2. The number of allylic oxidation sites excluding steroid dienone is 4. The minimum absolute atomic E-state index is 0.182. The highest BCUT2D eigenvalue weighted by Gasteiger charge is 2.22.